The fraction of sp³-hybridized carbons (Fsp3) is 0. The molecule has 25 heavy (non-hydrogen) atoms. The minimum absolute atomic E-state index is 0.0318. The first-order valence-corrected chi connectivity index (χ1v) is 7.74. The molecular formula is C11H6N6O7S. The second-order valence-electron chi connectivity index (χ2n) is 4.50. The van der Waals surface area contributed by atoms with Crippen LogP contribution in [0.1, 0.15) is 0 Å². The molecule has 2 heterocycles. The SMILES string of the molecule is O=[N+]([O-])c1ccc(S(=O)(=O)On2nnc3cccnc32)c([N+](=O)[O-])c1. The fourth-order valence-electron chi connectivity index (χ4n) is 1.90. The highest BCUT2D eigenvalue weighted by Gasteiger charge is 2.31. The molecule has 0 saturated heterocycles. The Morgan fingerprint density at radius 2 is 1.88 bits per heavy atom. The average molecular weight is 366 g/mol. The van der Waals surface area contributed by atoms with E-state index >= 15 is 0 Å². The van der Waals surface area contributed by atoms with Crippen LogP contribution in [0.15, 0.2) is 41.4 Å². The number of pyridine rings is 1. The van der Waals surface area contributed by atoms with Gasteiger partial charge in [-0.25, -0.2) is 4.98 Å². The van der Waals surface area contributed by atoms with E-state index in [4.69, 9.17) is 4.28 Å². The molecule has 0 saturated carbocycles. The van der Waals surface area contributed by atoms with Crippen molar-refractivity contribution in [3.05, 3.63) is 56.8 Å². The molecule has 0 aliphatic heterocycles. The zero-order chi connectivity index (χ0) is 18.2. The molecule has 0 N–H and O–H groups in total. The van der Waals surface area contributed by atoms with Crippen LogP contribution in [0.3, 0.4) is 0 Å². The number of rotatable bonds is 5. The van der Waals surface area contributed by atoms with Gasteiger partial charge in [0.2, 0.25) is 5.65 Å². The smallest absolute Gasteiger partial charge is 0.262 e. The van der Waals surface area contributed by atoms with Gasteiger partial charge < -0.3 is 0 Å². The molecule has 0 unspecified atom stereocenters. The highest BCUT2D eigenvalue weighted by molar-refractivity contribution is 7.87. The molecule has 128 valence electrons. The van der Waals surface area contributed by atoms with E-state index in [2.05, 4.69) is 15.3 Å². The van der Waals surface area contributed by atoms with Gasteiger partial charge in [0.05, 0.1) is 15.9 Å². The number of non-ortho nitro benzene ring substituents is 1. The topological polar surface area (TPSA) is 173 Å². The molecule has 0 bridgehead atoms. The zero-order valence-corrected chi connectivity index (χ0v) is 12.7. The van der Waals surface area contributed by atoms with Crippen LogP contribution in [-0.4, -0.2) is 38.4 Å². The number of benzene rings is 1. The molecule has 0 aliphatic carbocycles. The Morgan fingerprint density at radius 1 is 1.12 bits per heavy atom. The minimum atomic E-state index is -4.74. The first-order valence-electron chi connectivity index (χ1n) is 6.34. The summed E-state index contributed by atoms with van der Waals surface area (Å²) in [6.45, 7) is 0. The average Bonchev–Trinajstić information content (AvgIpc) is 2.96. The van der Waals surface area contributed by atoms with Crippen molar-refractivity contribution in [2.45, 2.75) is 4.90 Å². The zero-order valence-electron chi connectivity index (χ0n) is 11.9. The quantitative estimate of drug-likeness (QED) is 0.455. The summed E-state index contributed by atoms with van der Waals surface area (Å²) in [4.78, 5) is 23.3. The molecule has 0 fully saturated rings. The van der Waals surface area contributed by atoms with Crippen LogP contribution in [0.5, 0.6) is 0 Å². The number of nitro groups is 2. The standard InChI is InChI=1S/C11H6N6O7S/c18-16(19)7-3-4-10(9(6-7)17(20)21)25(22,23)24-15-11-8(13-14-15)2-1-5-12-11/h1-6H. The summed E-state index contributed by atoms with van der Waals surface area (Å²) in [7, 11) is -4.74. The second kappa shape index (κ2) is 5.75. The fourth-order valence-corrected chi connectivity index (χ4v) is 2.89. The van der Waals surface area contributed by atoms with Crippen molar-refractivity contribution in [1.29, 1.82) is 0 Å². The highest BCUT2D eigenvalue weighted by atomic mass is 32.2. The summed E-state index contributed by atoms with van der Waals surface area (Å²) in [5.41, 5.74) is -1.45. The van der Waals surface area contributed by atoms with E-state index in [-0.39, 0.29) is 11.2 Å². The van der Waals surface area contributed by atoms with Crippen LogP contribution < -0.4 is 4.28 Å². The predicted octanol–water partition coefficient (Wildman–Crippen LogP) is 0.460. The summed E-state index contributed by atoms with van der Waals surface area (Å²) < 4.78 is 29.4. The molecule has 0 aliphatic rings. The minimum Gasteiger partial charge on any atom is -0.262 e. The van der Waals surface area contributed by atoms with Gasteiger partial charge in [0.1, 0.15) is 5.52 Å². The molecule has 0 spiro atoms. The maximum atomic E-state index is 12.3. The molecule has 0 atom stereocenters. The lowest BCUT2D eigenvalue weighted by molar-refractivity contribution is -0.396. The van der Waals surface area contributed by atoms with Crippen LogP contribution in [0, 0.1) is 20.2 Å². The van der Waals surface area contributed by atoms with Crippen molar-refractivity contribution < 1.29 is 22.5 Å². The molecule has 14 heteroatoms. The highest BCUT2D eigenvalue weighted by Crippen LogP contribution is 2.28. The van der Waals surface area contributed by atoms with Crippen molar-refractivity contribution in [2.75, 3.05) is 0 Å². The largest absolute Gasteiger partial charge is 0.365 e. The van der Waals surface area contributed by atoms with Crippen molar-refractivity contribution in [3.8, 4) is 0 Å². The lowest BCUT2D eigenvalue weighted by atomic mass is 10.3. The Kier molecular flexibility index (Phi) is 3.72. The van der Waals surface area contributed by atoms with E-state index in [1.165, 1.54) is 18.3 Å². The van der Waals surface area contributed by atoms with Crippen LogP contribution in [-0.2, 0) is 10.1 Å². The molecule has 13 nitrogen and oxygen atoms in total. The maximum Gasteiger partial charge on any atom is 0.365 e. The summed E-state index contributed by atoms with van der Waals surface area (Å²) in [6.07, 6.45) is 1.34. The van der Waals surface area contributed by atoms with E-state index < -0.39 is 36.2 Å². The van der Waals surface area contributed by atoms with Crippen LogP contribution in [0.4, 0.5) is 11.4 Å². The first kappa shape index (κ1) is 16.2. The van der Waals surface area contributed by atoms with Gasteiger partial charge in [-0.05, 0) is 28.3 Å². The molecule has 0 amide bonds. The van der Waals surface area contributed by atoms with Crippen molar-refractivity contribution in [2.24, 2.45) is 0 Å². The van der Waals surface area contributed by atoms with Crippen molar-refractivity contribution in [1.82, 2.24) is 20.1 Å². The Bertz CT molecular complexity index is 1110. The Balaban J connectivity index is 2.08. The number of hydrogen-bond donors (Lipinski definition) is 0. The van der Waals surface area contributed by atoms with Gasteiger partial charge in [0.15, 0.2) is 4.90 Å². The van der Waals surface area contributed by atoms with Gasteiger partial charge in [0.25, 0.3) is 11.4 Å². The first-order chi connectivity index (χ1) is 11.8. The predicted molar refractivity (Wildman–Crippen MR) is 78.8 cm³/mol. The van der Waals surface area contributed by atoms with Gasteiger partial charge in [-0.15, -0.1) is 5.10 Å². The maximum absolute atomic E-state index is 12.3. The molecule has 3 rings (SSSR count). The Hall–Kier alpha value is -3.68. The van der Waals surface area contributed by atoms with Gasteiger partial charge in [-0.3, -0.25) is 24.5 Å². The summed E-state index contributed by atoms with van der Waals surface area (Å²) in [5.74, 6) is 0. The van der Waals surface area contributed by atoms with Crippen LogP contribution in [0.25, 0.3) is 11.2 Å². The van der Waals surface area contributed by atoms with E-state index in [1.54, 1.807) is 0 Å². The van der Waals surface area contributed by atoms with Crippen LogP contribution in [0.2, 0.25) is 0 Å². The number of nitro benzene ring substituents is 2. The third kappa shape index (κ3) is 2.92. The van der Waals surface area contributed by atoms with E-state index in [0.717, 1.165) is 6.07 Å². The Morgan fingerprint density at radius 3 is 2.56 bits per heavy atom. The van der Waals surface area contributed by atoms with Crippen molar-refractivity contribution >= 4 is 32.7 Å². The van der Waals surface area contributed by atoms with Gasteiger partial charge in [-0.1, -0.05) is 0 Å². The monoisotopic (exact) mass is 366 g/mol. The number of aromatic nitrogens is 4. The van der Waals surface area contributed by atoms with E-state index in [0.29, 0.717) is 17.0 Å². The van der Waals surface area contributed by atoms with E-state index in [9.17, 15) is 28.6 Å². The van der Waals surface area contributed by atoms with Gasteiger partial charge >= 0.3 is 10.1 Å². The molecule has 2 aromatic heterocycles. The normalized spacial score (nSPS) is 11.4. The third-order valence-corrected chi connectivity index (χ3v) is 4.19. The summed E-state index contributed by atoms with van der Waals surface area (Å²) in [6, 6.07) is 5.07. The van der Waals surface area contributed by atoms with Crippen molar-refractivity contribution in [3.63, 3.8) is 0 Å². The van der Waals surface area contributed by atoms with Gasteiger partial charge in [-0.2, -0.15) is 8.42 Å². The molecule has 1 aromatic carbocycles. The van der Waals surface area contributed by atoms with Crippen LogP contribution >= 0.6 is 0 Å². The lowest BCUT2D eigenvalue weighted by Crippen LogP contribution is -2.22. The number of hydrogen-bond acceptors (Lipinski definition) is 10. The number of nitrogens with zero attached hydrogens (tertiary/aromatic N) is 6. The summed E-state index contributed by atoms with van der Waals surface area (Å²) in [5, 5.41) is 28.9. The molecule has 3 aromatic rings. The molecular weight excluding hydrogens is 360 g/mol. The lowest BCUT2D eigenvalue weighted by Gasteiger charge is -2.06. The van der Waals surface area contributed by atoms with E-state index in [1.807, 2.05) is 0 Å². The molecule has 0 radical (unpaired) electrons. The second-order valence-corrected chi connectivity index (χ2v) is 6.00. The summed E-state index contributed by atoms with van der Waals surface area (Å²) >= 11 is 0. The van der Waals surface area contributed by atoms with Gasteiger partial charge in [0, 0.05) is 12.3 Å². The Labute approximate surface area is 137 Å². The number of fused-ring (bicyclic) bond motifs is 1. The third-order valence-electron chi connectivity index (χ3n) is 2.97.